The Hall–Kier alpha value is -0.940. The van der Waals surface area contributed by atoms with E-state index in [1.54, 1.807) is 0 Å². The van der Waals surface area contributed by atoms with Crippen LogP contribution in [0.3, 0.4) is 0 Å². The van der Waals surface area contributed by atoms with E-state index in [0.29, 0.717) is 12.8 Å². The zero-order valence-electron chi connectivity index (χ0n) is 20.5. The Bertz CT molecular complexity index is 628. The smallest absolute Gasteiger partial charge is 0.158 e. The molecule has 2 N–H and O–H groups in total. The molecule has 33 heavy (non-hydrogen) atoms. The summed E-state index contributed by atoms with van der Waals surface area (Å²) in [6, 6.07) is 0. The van der Waals surface area contributed by atoms with Gasteiger partial charge in [-0.2, -0.15) is 0 Å². The summed E-state index contributed by atoms with van der Waals surface area (Å²) >= 11 is 0. The van der Waals surface area contributed by atoms with Crippen LogP contribution < -0.4 is 0 Å². The highest BCUT2D eigenvalue weighted by molar-refractivity contribution is 5.07. The van der Waals surface area contributed by atoms with Gasteiger partial charge in [0.05, 0.1) is 18.3 Å². The second-order valence-corrected chi connectivity index (χ2v) is 9.70. The van der Waals surface area contributed by atoms with Gasteiger partial charge in [0.2, 0.25) is 0 Å². The molecule has 3 aliphatic rings. The lowest BCUT2D eigenvalue weighted by molar-refractivity contribution is -0.193. The van der Waals surface area contributed by atoms with Crippen LogP contribution in [0, 0.1) is 29.6 Å². The van der Waals surface area contributed by atoms with Gasteiger partial charge >= 0.3 is 0 Å². The summed E-state index contributed by atoms with van der Waals surface area (Å²) in [5, 5.41) is 20.3. The number of aliphatic hydroxyl groups is 2. The van der Waals surface area contributed by atoms with Crippen LogP contribution in [0.4, 0.5) is 0 Å². The van der Waals surface area contributed by atoms with Crippen LogP contribution >= 0.6 is 0 Å². The third-order valence-corrected chi connectivity index (χ3v) is 7.08. The van der Waals surface area contributed by atoms with Gasteiger partial charge < -0.3 is 29.2 Å². The van der Waals surface area contributed by atoms with Gasteiger partial charge in [-0.3, -0.25) is 0 Å². The van der Waals surface area contributed by atoms with E-state index in [4.69, 9.17) is 18.9 Å². The minimum atomic E-state index is -0.491. The van der Waals surface area contributed by atoms with Gasteiger partial charge in [0.1, 0.15) is 0 Å². The van der Waals surface area contributed by atoms with E-state index in [2.05, 4.69) is 37.8 Å². The molecule has 2 heterocycles. The average Bonchev–Trinajstić information content (AvgIpc) is 3.12. The second kappa shape index (κ2) is 14.5. The fourth-order valence-electron chi connectivity index (χ4n) is 5.14. The van der Waals surface area contributed by atoms with Crippen molar-refractivity contribution in [1.82, 2.24) is 0 Å². The first-order valence-electron chi connectivity index (χ1n) is 13.1. The van der Waals surface area contributed by atoms with E-state index in [1.807, 2.05) is 0 Å². The molecule has 2 saturated heterocycles. The van der Waals surface area contributed by atoms with Gasteiger partial charge in [0, 0.05) is 45.0 Å². The van der Waals surface area contributed by atoms with E-state index in [9.17, 15) is 10.2 Å². The van der Waals surface area contributed by atoms with Gasteiger partial charge in [-0.15, -0.1) is 11.8 Å². The number of aliphatic hydroxyl groups excluding tert-OH is 2. The maximum absolute atomic E-state index is 10.7. The van der Waals surface area contributed by atoms with Crippen molar-refractivity contribution < 1.29 is 29.2 Å². The Kier molecular flexibility index (Phi) is 11.7. The molecule has 0 aromatic carbocycles. The molecule has 1 aliphatic carbocycles. The Morgan fingerprint density at radius 2 is 1.79 bits per heavy atom. The lowest BCUT2D eigenvalue weighted by atomic mass is 9.89. The molecule has 4 unspecified atom stereocenters. The van der Waals surface area contributed by atoms with E-state index >= 15 is 0 Å². The quantitative estimate of drug-likeness (QED) is 0.373. The number of hydrogen-bond acceptors (Lipinski definition) is 6. The lowest BCUT2D eigenvalue weighted by Gasteiger charge is -2.31. The number of hydrogen-bond donors (Lipinski definition) is 2. The molecular weight excluding hydrogens is 420 g/mol. The fourth-order valence-corrected chi connectivity index (χ4v) is 5.14. The topological polar surface area (TPSA) is 77.4 Å². The summed E-state index contributed by atoms with van der Waals surface area (Å²) in [6.45, 7) is 5.76. The van der Waals surface area contributed by atoms with E-state index < -0.39 is 6.10 Å². The van der Waals surface area contributed by atoms with Crippen molar-refractivity contribution in [3.05, 3.63) is 12.2 Å². The van der Waals surface area contributed by atoms with Gasteiger partial charge in [-0.1, -0.05) is 26.0 Å². The van der Waals surface area contributed by atoms with Crippen LogP contribution in [0.5, 0.6) is 0 Å². The summed E-state index contributed by atoms with van der Waals surface area (Å²) in [5.74, 6) is 6.60. The first-order chi connectivity index (χ1) is 16.1. The highest BCUT2D eigenvalue weighted by Crippen LogP contribution is 2.39. The fraction of sp³-hybridized carbons (Fsp3) is 0.852. The highest BCUT2D eigenvalue weighted by atomic mass is 16.7. The van der Waals surface area contributed by atoms with Crippen molar-refractivity contribution in [2.24, 2.45) is 17.8 Å². The van der Waals surface area contributed by atoms with Crippen LogP contribution in [0.2, 0.25) is 0 Å². The summed E-state index contributed by atoms with van der Waals surface area (Å²) in [6.07, 6.45) is 12.1. The largest absolute Gasteiger partial charge is 0.396 e. The zero-order chi connectivity index (χ0) is 23.5. The summed E-state index contributed by atoms with van der Waals surface area (Å²) in [4.78, 5) is 0. The van der Waals surface area contributed by atoms with Crippen molar-refractivity contribution >= 4 is 0 Å². The van der Waals surface area contributed by atoms with Crippen LogP contribution in [0.15, 0.2) is 12.2 Å². The van der Waals surface area contributed by atoms with Crippen molar-refractivity contribution in [1.29, 1.82) is 0 Å². The first-order valence-corrected chi connectivity index (χ1v) is 13.1. The molecule has 8 atom stereocenters. The molecule has 6 nitrogen and oxygen atoms in total. The molecule has 3 rings (SSSR count). The first kappa shape index (κ1) is 26.7. The molecule has 3 fully saturated rings. The van der Waals surface area contributed by atoms with Crippen molar-refractivity contribution in [2.75, 3.05) is 19.8 Å². The molecule has 0 radical (unpaired) electrons. The molecular formula is C27H44O6. The summed E-state index contributed by atoms with van der Waals surface area (Å²) in [7, 11) is 0. The average molecular weight is 465 g/mol. The van der Waals surface area contributed by atoms with Crippen LogP contribution in [-0.4, -0.2) is 60.9 Å². The monoisotopic (exact) mass is 464 g/mol. The van der Waals surface area contributed by atoms with E-state index in [1.165, 1.54) is 0 Å². The Morgan fingerprint density at radius 1 is 1.06 bits per heavy atom. The predicted octanol–water partition coefficient (Wildman–Crippen LogP) is 4.19. The third-order valence-electron chi connectivity index (χ3n) is 7.08. The molecule has 188 valence electrons. The molecule has 2 aliphatic heterocycles. The van der Waals surface area contributed by atoms with Gasteiger partial charge in [0.15, 0.2) is 12.6 Å². The zero-order valence-corrected chi connectivity index (χ0v) is 20.5. The number of ether oxygens (including phenoxy) is 4. The maximum atomic E-state index is 10.7. The molecule has 0 amide bonds. The molecule has 6 heteroatoms. The molecule has 1 saturated carbocycles. The predicted molar refractivity (Wildman–Crippen MR) is 127 cm³/mol. The van der Waals surface area contributed by atoms with Gasteiger partial charge in [-0.05, 0) is 56.8 Å². The van der Waals surface area contributed by atoms with Crippen molar-refractivity contribution in [3.8, 4) is 11.8 Å². The van der Waals surface area contributed by atoms with Crippen LogP contribution in [-0.2, 0) is 18.9 Å². The standard InChI is InChI=1S/C27H44O6/c1-3-4-5-10-20(2)24(32-26-11-6-8-17-30-26)14-13-22-21(15-16-28)23(29)19-25(22)33-27-12-7-9-18-31-27/h13-14,20-29H,3,6-12,15-19H2,1-2H3/b14-13+/t20?,21-,22+,23-,24?,25+,26?,27?/m0/s1. The number of rotatable bonds is 10. The van der Waals surface area contributed by atoms with E-state index in [-0.39, 0.29) is 49.1 Å². The molecule has 0 spiro atoms. The van der Waals surface area contributed by atoms with Gasteiger partial charge in [0.25, 0.3) is 0 Å². The lowest BCUT2D eigenvalue weighted by Crippen LogP contribution is -2.32. The second-order valence-electron chi connectivity index (χ2n) is 9.70. The minimum absolute atomic E-state index is 0.00461. The van der Waals surface area contributed by atoms with Crippen molar-refractivity contribution in [3.63, 3.8) is 0 Å². The highest BCUT2D eigenvalue weighted by Gasteiger charge is 2.43. The van der Waals surface area contributed by atoms with Gasteiger partial charge in [-0.25, -0.2) is 0 Å². The maximum Gasteiger partial charge on any atom is 0.158 e. The third kappa shape index (κ3) is 8.35. The molecule has 0 aromatic rings. The Balaban J connectivity index is 1.72. The molecule has 0 aromatic heterocycles. The normalized spacial score (nSPS) is 34.7. The summed E-state index contributed by atoms with van der Waals surface area (Å²) in [5.41, 5.74) is 0. The van der Waals surface area contributed by atoms with Crippen molar-refractivity contribution in [2.45, 2.75) is 109 Å². The Morgan fingerprint density at radius 3 is 2.42 bits per heavy atom. The SMILES string of the molecule is CCC#CCC(C)C(/C=C/[C@@H]1[C@H](CCO)[C@@H](O)C[C@H]1OC1CCCCO1)OC1CCCCO1. The van der Waals surface area contributed by atoms with Crippen LogP contribution in [0.25, 0.3) is 0 Å². The van der Waals surface area contributed by atoms with Crippen LogP contribution in [0.1, 0.15) is 78.1 Å². The molecule has 0 bridgehead atoms. The van der Waals surface area contributed by atoms with E-state index in [0.717, 1.165) is 64.6 Å². The Labute approximate surface area is 200 Å². The summed E-state index contributed by atoms with van der Waals surface area (Å²) < 4.78 is 24.4. The minimum Gasteiger partial charge on any atom is -0.396 e.